The van der Waals surface area contributed by atoms with E-state index in [9.17, 15) is 4.79 Å². The molecule has 0 atom stereocenters. The quantitative estimate of drug-likeness (QED) is 0.391. The molecule has 1 aliphatic carbocycles. The number of hydrogen-bond donors (Lipinski definition) is 2. The summed E-state index contributed by atoms with van der Waals surface area (Å²) in [5, 5.41) is 9.24. The van der Waals surface area contributed by atoms with Crippen molar-refractivity contribution in [1.29, 1.82) is 0 Å². The molecule has 3 fully saturated rings. The second-order valence-corrected chi connectivity index (χ2v) is 5.26. The van der Waals surface area contributed by atoms with E-state index in [-0.39, 0.29) is 15.8 Å². The third kappa shape index (κ3) is 1.35. The monoisotopic (exact) mass is 214 g/mol. The standard InChI is InChI=1S/C9H14N2O2S/c1-10-8(11-13)9-4-2-6(3-5-9)7(12)14-9/h6,13H,2-5H2,1H3,(H,10,11). The predicted octanol–water partition coefficient (Wildman–Crippen LogP) is 1.20. The Balaban J connectivity index is 2.26. The van der Waals surface area contributed by atoms with E-state index in [0.717, 1.165) is 25.7 Å². The molecule has 0 aromatic carbocycles. The third-order valence-corrected chi connectivity index (χ3v) is 4.71. The molecule has 0 aromatic rings. The van der Waals surface area contributed by atoms with Gasteiger partial charge in [0, 0.05) is 13.0 Å². The van der Waals surface area contributed by atoms with Gasteiger partial charge in [-0.3, -0.25) is 20.5 Å². The van der Waals surface area contributed by atoms with E-state index >= 15 is 0 Å². The van der Waals surface area contributed by atoms with Crippen molar-refractivity contribution in [3.63, 3.8) is 0 Å². The number of carbonyl (C=O) groups excluding carboxylic acids is 1. The molecule has 2 heterocycles. The third-order valence-electron chi connectivity index (χ3n) is 3.18. The van der Waals surface area contributed by atoms with Gasteiger partial charge in [-0.1, -0.05) is 11.8 Å². The fraction of sp³-hybridized carbons (Fsp3) is 0.778. The van der Waals surface area contributed by atoms with Crippen molar-refractivity contribution in [2.24, 2.45) is 10.9 Å². The van der Waals surface area contributed by atoms with Gasteiger partial charge in [0.15, 0.2) is 5.12 Å². The van der Waals surface area contributed by atoms with E-state index in [0.29, 0.717) is 5.84 Å². The van der Waals surface area contributed by atoms with Crippen LogP contribution in [0.2, 0.25) is 0 Å². The zero-order valence-electron chi connectivity index (χ0n) is 8.12. The van der Waals surface area contributed by atoms with Crippen molar-refractivity contribution in [3.8, 4) is 0 Å². The Bertz CT molecular complexity index is 283. The summed E-state index contributed by atoms with van der Waals surface area (Å²) >= 11 is 1.35. The zero-order chi connectivity index (χ0) is 10.2. The summed E-state index contributed by atoms with van der Waals surface area (Å²) in [4.78, 5) is 15.6. The fourth-order valence-corrected chi connectivity index (χ4v) is 3.80. The van der Waals surface area contributed by atoms with Crippen LogP contribution in [0.4, 0.5) is 0 Å². The summed E-state index contributed by atoms with van der Waals surface area (Å²) in [5.41, 5.74) is 2.14. The van der Waals surface area contributed by atoms with E-state index in [1.54, 1.807) is 7.05 Å². The number of carbonyl (C=O) groups is 1. The van der Waals surface area contributed by atoms with Gasteiger partial charge in [0.2, 0.25) is 0 Å². The van der Waals surface area contributed by atoms with Crippen LogP contribution in [0.1, 0.15) is 25.7 Å². The number of hydroxylamine groups is 1. The van der Waals surface area contributed by atoms with E-state index < -0.39 is 0 Å². The molecule has 3 rings (SSSR count). The lowest BCUT2D eigenvalue weighted by molar-refractivity contribution is -0.116. The molecule has 2 bridgehead atoms. The van der Waals surface area contributed by atoms with Crippen molar-refractivity contribution >= 4 is 22.7 Å². The second kappa shape index (κ2) is 3.55. The summed E-state index contributed by atoms with van der Waals surface area (Å²) < 4.78 is -0.269. The lowest BCUT2D eigenvalue weighted by atomic mass is 9.80. The molecule has 5 heteroatoms. The molecule has 0 aromatic heterocycles. The van der Waals surface area contributed by atoms with Crippen LogP contribution in [0, 0.1) is 5.92 Å². The van der Waals surface area contributed by atoms with Crippen LogP contribution in [0.5, 0.6) is 0 Å². The Hall–Kier alpha value is -0.550. The summed E-state index contributed by atoms with van der Waals surface area (Å²) in [5.74, 6) is 0.799. The van der Waals surface area contributed by atoms with Crippen molar-refractivity contribution in [2.45, 2.75) is 30.4 Å². The molecular formula is C9H14N2O2S. The SMILES string of the molecule is CN=C(NO)C12CCC(CC1)C(=O)S2. The normalized spacial score (nSPS) is 37.4. The number of hydrogen-bond acceptors (Lipinski definition) is 4. The van der Waals surface area contributed by atoms with Gasteiger partial charge in [-0.2, -0.15) is 0 Å². The number of thioether (sulfide) groups is 1. The average molecular weight is 214 g/mol. The van der Waals surface area contributed by atoms with Gasteiger partial charge in [-0.15, -0.1) is 0 Å². The lowest BCUT2D eigenvalue weighted by Gasteiger charge is -2.44. The van der Waals surface area contributed by atoms with Crippen LogP contribution in [-0.4, -0.2) is 28.0 Å². The first-order valence-corrected chi connectivity index (χ1v) is 5.64. The van der Waals surface area contributed by atoms with Crippen molar-refractivity contribution in [1.82, 2.24) is 5.48 Å². The predicted molar refractivity (Wildman–Crippen MR) is 55.6 cm³/mol. The van der Waals surface area contributed by atoms with Crippen LogP contribution >= 0.6 is 11.8 Å². The van der Waals surface area contributed by atoms with Crippen LogP contribution in [0.25, 0.3) is 0 Å². The van der Waals surface area contributed by atoms with Crippen molar-refractivity contribution < 1.29 is 10.0 Å². The molecule has 78 valence electrons. The first-order chi connectivity index (χ1) is 6.72. The Morgan fingerprint density at radius 3 is 2.71 bits per heavy atom. The first kappa shape index (κ1) is 9.98. The van der Waals surface area contributed by atoms with E-state index in [1.807, 2.05) is 0 Å². The van der Waals surface area contributed by atoms with Gasteiger partial charge in [0.1, 0.15) is 5.84 Å². The second-order valence-electron chi connectivity index (χ2n) is 3.87. The van der Waals surface area contributed by atoms with Crippen molar-refractivity contribution in [2.75, 3.05) is 7.05 Å². The van der Waals surface area contributed by atoms with Crippen molar-refractivity contribution in [3.05, 3.63) is 0 Å². The summed E-state index contributed by atoms with van der Waals surface area (Å²) in [6.07, 6.45) is 3.75. The maximum absolute atomic E-state index is 11.6. The molecule has 0 amide bonds. The number of rotatable bonds is 1. The summed E-state index contributed by atoms with van der Waals surface area (Å²) in [6, 6.07) is 0. The molecule has 2 aliphatic heterocycles. The average Bonchev–Trinajstić information content (AvgIpc) is 2.20. The van der Waals surface area contributed by atoms with E-state index in [4.69, 9.17) is 5.21 Å². The Kier molecular flexibility index (Phi) is 2.53. The maximum atomic E-state index is 11.6. The number of fused-ring (bicyclic) bond motifs is 3. The lowest BCUT2D eigenvalue weighted by Crippen LogP contribution is -2.51. The molecule has 0 radical (unpaired) electrons. The Labute approximate surface area is 87.1 Å². The molecule has 1 saturated carbocycles. The highest BCUT2D eigenvalue weighted by atomic mass is 32.2. The van der Waals surface area contributed by atoms with Gasteiger partial charge >= 0.3 is 0 Å². The van der Waals surface area contributed by atoms with Gasteiger partial charge in [-0.25, -0.2) is 0 Å². The van der Waals surface area contributed by atoms with Crippen LogP contribution in [-0.2, 0) is 4.79 Å². The van der Waals surface area contributed by atoms with Gasteiger partial charge in [-0.05, 0) is 25.7 Å². The fourth-order valence-electron chi connectivity index (χ4n) is 2.34. The highest BCUT2D eigenvalue weighted by Crippen LogP contribution is 2.50. The minimum absolute atomic E-state index is 0.249. The molecule has 2 saturated heterocycles. The molecular weight excluding hydrogens is 200 g/mol. The minimum Gasteiger partial charge on any atom is -0.290 e. The number of aliphatic imine (C=N–C) groups is 1. The molecule has 4 nitrogen and oxygen atoms in total. The number of nitrogens with zero attached hydrogens (tertiary/aromatic N) is 1. The number of nitrogens with one attached hydrogen (secondary N) is 1. The molecule has 0 spiro atoms. The largest absolute Gasteiger partial charge is 0.290 e. The molecule has 3 aliphatic rings. The highest BCUT2D eigenvalue weighted by molar-refractivity contribution is 8.15. The first-order valence-electron chi connectivity index (χ1n) is 4.82. The van der Waals surface area contributed by atoms with Crippen LogP contribution < -0.4 is 5.48 Å². The Morgan fingerprint density at radius 1 is 1.64 bits per heavy atom. The molecule has 0 unspecified atom stereocenters. The maximum Gasteiger partial charge on any atom is 0.193 e. The van der Waals surface area contributed by atoms with Gasteiger partial charge in [0.05, 0.1) is 4.75 Å². The van der Waals surface area contributed by atoms with Crippen LogP contribution in [0.15, 0.2) is 4.99 Å². The molecule has 14 heavy (non-hydrogen) atoms. The van der Waals surface area contributed by atoms with Gasteiger partial charge < -0.3 is 0 Å². The zero-order valence-corrected chi connectivity index (χ0v) is 8.93. The minimum atomic E-state index is -0.269. The summed E-state index contributed by atoms with van der Waals surface area (Å²) in [6.45, 7) is 0. The topological polar surface area (TPSA) is 61.7 Å². The number of amidine groups is 1. The summed E-state index contributed by atoms with van der Waals surface area (Å²) in [7, 11) is 1.64. The van der Waals surface area contributed by atoms with Gasteiger partial charge in [0.25, 0.3) is 0 Å². The highest BCUT2D eigenvalue weighted by Gasteiger charge is 2.49. The van der Waals surface area contributed by atoms with Crippen LogP contribution in [0.3, 0.4) is 0 Å². The molecule has 2 N–H and O–H groups in total. The smallest absolute Gasteiger partial charge is 0.193 e. The van der Waals surface area contributed by atoms with E-state index in [1.165, 1.54) is 11.8 Å². The Morgan fingerprint density at radius 2 is 2.29 bits per heavy atom. The van der Waals surface area contributed by atoms with E-state index in [2.05, 4.69) is 10.5 Å².